The summed E-state index contributed by atoms with van der Waals surface area (Å²) in [7, 11) is 1.65. The van der Waals surface area contributed by atoms with Gasteiger partial charge in [-0.15, -0.1) is 0 Å². The third kappa shape index (κ3) is 4.35. The molecule has 0 aromatic heterocycles. The van der Waals surface area contributed by atoms with E-state index in [0.717, 1.165) is 5.69 Å². The van der Waals surface area contributed by atoms with Crippen molar-refractivity contribution in [2.45, 2.75) is 6.92 Å². The Balaban J connectivity index is 2.08. The molecule has 0 N–H and O–H groups in total. The van der Waals surface area contributed by atoms with Gasteiger partial charge in [-0.2, -0.15) is 0 Å². The normalized spacial score (nSPS) is 15.8. The number of rotatable bonds is 5. The van der Waals surface area contributed by atoms with Crippen molar-refractivity contribution < 1.29 is 19.1 Å². The predicted molar refractivity (Wildman–Crippen MR) is 88.7 cm³/mol. The minimum atomic E-state index is -0.515. The average molecular weight is 334 g/mol. The molecular weight excluding hydrogens is 316 g/mol. The third-order valence-electron chi connectivity index (χ3n) is 3.25. The topological polar surface area (TPSA) is 66.9 Å². The van der Waals surface area contributed by atoms with Crippen LogP contribution in [0.25, 0.3) is 0 Å². The number of para-hydroxylation sites is 1. The molecule has 7 heteroatoms. The number of likely N-dealkylation sites (N-methyl/N-ethyl adjacent to an activating group) is 1. The average Bonchev–Trinajstić information content (AvgIpc) is 2.88. The highest BCUT2D eigenvalue weighted by atomic mass is 32.2. The van der Waals surface area contributed by atoms with Gasteiger partial charge in [0, 0.05) is 12.7 Å². The SMILES string of the molecule is CCOC(=O)/C=C1\SCC(=O)N1CC(=O)N(C)c1ccccc1. The molecule has 0 radical (unpaired) electrons. The number of anilines is 1. The Morgan fingerprint density at radius 1 is 1.35 bits per heavy atom. The quantitative estimate of drug-likeness (QED) is 0.605. The molecule has 0 saturated carbocycles. The molecule has 1 aliphatic rings. The maximum Gasteiger partial charge on any atom is 0.333 e. The molecule has 2 rings (SSSR count). The van der Waals surface area contributed by atoms with Crippen LogP contribution >= 0.6 is 11.8 Å². The summed E-state index contributed by atoms with van der Waals surface area (Å²) in [5, 5.41) is 0.447. The number of carbonyl (C=O) groups excluding carboxylic acids is 3. The number of benzene rings is 1. The van der Waals surface area contributed by atoms with Gasteiger partial charge in [0.25, 0.3) is 0 Å². The number of nitrogens with zero attached hydrogens (tertiary/aromatic N) is 2. The fraction of sp³-hybridized carbons (Fsp3) is 0.312. The first-order chi connectivity index (χ1) is 11.0. The Labute approximate surface area is 139 Å². The van der Waals surface area contributed by atoms with E-state index in [1.807, 2.05) is 30.3 Å². The van der Waals surface area contributed by atoms with E-state index in [9.17, 15) is 14.4 Å². The number of amides is 2. The van der Waals surface area contributed by atoms with Gasteiger partial charge in [0.1, 0.15) is 6.54 Å². The van der Waals surface area contributed by atoms with Crippen molar-refractivity contribution in [3.05, 3.63) is 41.4 Å². The highest BCUT2D eigenvalue weighted by Crippen LogP contribution is 2.29. The summed E-state index contributed by atoms with van der Waals surface area (Å²) in [4.78, 5) is 38.7. The maximum absolute atomic E-state index is 12.4. The van der Waals surface area contributed by atoms with Crippen molar-refractivity contribution in [2.75, 3.05) is 30.9 Å². The predicted octanol–water partition coefficient (Wildman–Crippen LogP) is 1.63. The third-order valence-corrected chi connectivity index (χ3v) is 4.27. The van der Waals surface area contributed by atoms with E-state index < -0.39 is 5.97 Å². The van der Waals surface area contributed by atoms with E-state index in [-0.39, 0.29) is 30.7 Å². The number of hydrogen-bond donors (Lipinski definition) is 0. The lowest BCUT2D eigenvalue weighted by molar-refractivity contribution is -0.137. The van der Waals surface area contributed by atoms with Crippen molar-refractivity contribution in [1.82, 2.24) is 4.90 Å². The fourth-order valence-electron chi connectivity index (χ4n) is 2.02. The van der Waals surface area contributed by atoms with Crippen LogP contribution in [0.5, 0.6) is 0 Å². The zero-order valence-electron chi connectivity index (χ0n) is 13.0. The van der Waals surface area contributed by atoms with E-state index in [0.29, 0.717) is 5.03 Å². The first-order valence-electron chi connectivity index (χ1n) is 7.16. The Bertz CT molecular complexity index is 630. The molecule has 1 fully saturated rings. The number of carbonyl (C=O) groups is 3. The lowest BCUT2D eigenvalue weighted by Crippen LogP contribution is -2.38. The van der Waals surface area contributed by atoms with E-state index in [4.69, 9.17) is 4.74 Å². The molecule has 0 atom stereocenters. The van der Waals surface area contributed by atoms with Gasteiger partial charge in [0.05, 0.1) is 23.5 Å². The highest BCUT2D eigenvalue weighted by molar-refractivity contribution is 8.04. The zero-order valence-corrected chi connectivity index (χ0v) is 13.8. The van der Waals surface area contributed by atoms with Crippen LogP contribution < -0.4 is 4.90 Å². The number of hydrogen-bond acceptors (Lipinski definition) is 5. The molecule has 23 heavy (non-hydrogen) atoms. The molecule has 6 nitrogen and oxygen atoms in total. The standard InChI is InChI=1S/C16H18N2O4S/c1-3-22-16(21)9-15-18(14(20)11-23-15)10-13(19)17(2)12-7-5-4-6-8-12/h4-9H,3,10-11H2,1-2H3/b15-9-. The van der Waals surface area contributed by atoms with Gasteiger partial charge in [-0.25, -0.2) is 4.79 Å². The first kappa shape index (κ1) is 17.1. The maximum atomic E-state index is 12.4. The van der Waals surface area contributed by atoms with Crippen LogP contribution in [0.3, 0.4) is 0 Å². The van der Waals surface area contributed by atoms with Gasteiger partial charge in [0.2, 0.25) is 11.8 Å². The second-order valence-corrected chi connectivity index (χ2v) is 5.79. The molecule has 1 aromatic carbocycles. The van der Waals surface area contributed by atoms with Gasteiger partial charge >= 0.3 is 5.97 Å². The van der Waals surface area contributed by atoms with Gasteiger partial charge < -0.3 is 9.64 Å². The minimum absolute atomic E-state index is 0.109. The molecule has 1 saturated heterocycles. The van der Waals surface area contributed by atoms with Crippen LogP contribution in [-0.4, -0.2) is 48.6 Å². The molecule has 122 valence electrons. The zero-order chi connectivity index (χ0) is 16.8. The van der Waals surface area contributed by atoms with Gasteiger partial charge in [-0.3, -0.25) is 14.5 Å². The molecule has 0 spiro atoms. The van der Waals surface area contributed by atoms with Gasteiger partial charge in [-0.1, -0.05) is 30.0 Å². The summed E-state index contributed by atoms with van der Waals surface area (Å²) in [6.07, 6.45) is 1.26. The summed E-state index contributed by atoms with van der Waals surface area (Å²) in [6.45, 7) is 1.86. The summed E-state index contributed by atoms with van der Waals surface area (Å²) < 4.78 is 4.85. The lowest BCUT2D eigenvalue weighted by Gasteiger charge is -2.22. The van der Waals surface area contributed by atoms with Crippen LogP contribution in [0.4, 0.5) is 5.69 Å². The van der Waals surface area contributed by atoms with Crippen molar-refractivity contribution in [2.24, 2.45) is 0 Å². The van der Waals surface area contributed by atoms with E-state index in [2.05, 4.69) is 0 Å². The minimum Gasteiger partial charge on any atom is -0.463 e. The Morgan fingerprint density at radius 3 is 2.70 bits per heavy atom. The Morgan fingerprint density at radius 2 is 2.04 bits per heavy atom. The van der Waals surface area contributed by atoms with Crippen molar-refractivity contribution in [1.29, 1.82) is 0 Å². The van der Waals surface area contributed by atoms with Crippen LogP contribution in [0.2, 0.25) is 0 Å². The van der Waals surface area contributed by atoms with Crippen LogP contribution in [0, 0.1) is 0 Å². The summed E-state index contributed by atoms with van der Waals surface area (Å²) >= 11 is 1.23. The monoisotopic (exact) mass is 334 g/mol. The smallest absolute Gasteiger partial charge is 0.333 e. The van der Waals surface area contributed by atoms with Gasteiger partial charge in [-0.05, 0) is 19.1 Å². The highest BCUT2D eigenvalue weighted by Gasteiger charge is 2.30. The summed E-state index contributed by atoms with van der Waals surface area (Å²) in [6, 6.07) is 9.16. The molecule has 0 bridgehead atoms. The number of thioether (sulfide) groups is 1. The summed E-state index contributed by atoms with van der Waals surface area (Å²) in [5.74, 6) is -0.728. The molecule has 0 unspecified atom stereocenters. The van der Waals surface area contributed by atoms with Crippen molar-refractivity contribution >= 4 is 35.2 Å². The summed E-state index contributed by atoms with van der Waals surface area (Å²) in [5.41, 5.74) is 0.743. The Hall–Kier alpha value is -2.28. The fourth-order valence-corrected chi connectivity index (χ4v) is 2.95. The Kier molecular flexibility index (Phi) is 5.81. The lowest BCUT2D eigenvalue weighted by atomic mass is 10.3. The van der Waals surface area contributed by atoms with E-state index in [1.165, 1.54) is 27.6 Å². The van der Waals surface area contributed by atoms with E-state index in [1.54, 1.807) is 14.0 Å². The molecule has 0 aliphatic carbocycles. The second-order valence-electron chi connectivity index (χ2n) is 4.79. The number of esters is 1. The van der Waals surface area contributed by atoms with Crippen LogP contribution in [0.1, 0.15) is 6.92 Å². The van der Waals surface area contributed by atoms with E-state index >= 15 is 0 Å². The second kappa shape index (κ2) is 7.82. The van der Waals surface area contributed by atoms with Crippen molar-refractivity contribution in [3.8, 4) is 0 Å². The molecule has 1 aromatic rings. The molecular formula is C16H18N2O4S. The van der Waals surface area contributed by atoms with Crippen molar-refractivity contribution in [3.63, 3.8) is 0 Å². The largest absolute Gasteiger partial charge is 0.463 e. The van der Waals surface area contributed by atoms with Gasteiger partial charge in [0.15, 0.2) is 0 Å². The molecule has 2 amide bonds. The molecule has 1 aliphatic heterocycles. The van der Waals surface area contributed by atoms with Crippen LogP contribution in [-0.2, 0) is 19.1 Å². The number of ether oxygens (including phenoxy) is 1. The first-order valence-corrected chi connectivity index (χ1v) is 8.14. The van der Waals surface area contributed by atoms with Crippen LogP contribution in [0.15, 0.2) is 41.4 Å². The molecule has 1 heterocycles.